The number of carbonyl (C=O) groups is 4. The number of carbonyl (C=O) groups excluding carboxylic acids is 3. The van der Waals surface area contributed by atoms with Crippen molar-refractivity contribution in [3.63, 3.8) is 0 Å². The number of carboxylic acid groups (broad SMARTS) is 1. The Labute approximate surface area is 154 Å². The van der Waals surface area contributed by atoms with Gasteiger partial charge in [0.25, 0.3) is 0 Å². The first-order valence-corrected chi connectivity index (χ1v) is 7.62. The predicted molar refractivity (Wildman–Crippen MR) is 92.9 cm³/mol. The fourth-order valence-electron chi connectivity index (χ4n) is 2.63. The Kier molecular flexibility index (Phi) is 5.92. The Morgan fingerprint density at radius 2 is 1.22 bits per heavy atom. The topological polar surface area (TPSA) is 116 Å². The molecule has 0 aliphatic heterocycles. The maximum atomic E-state index is 12.5. The van der Waals surface area contributed by atoms with Crippen LogP contribution in [0.4, 0.5) is 0 Å². The molecule has 0 aliphatic rings. The van der Waals surface area contributed by atoms with Crippen LogP contribution >= 0.6 is 0 Å². The molecule has 0 fully saturated rings. The number of methoxy groups -OCH3 is 3. The maximum Gasteiger partial charge on any atom is 0.339 e. The van der Waals surface area contributed by atoms with Gasteiger partial charge in [-0.3, -0.25) is 0 Å². The molecule has 0 radical (unpaired) electrons. The van der Waals surface area contributed by atoms with Crippen molar-refractivity contribution in [1.82, 2.24) is 0 Å². The third-order valence-electron chi connectivity index (χ3n) is 3.81. The van der Waals surface area contributed by atoms with Gasteiger partial charge < -0.3 is 19.3 Å². The van der Waals surface area contributed by atoms with Gasteiger partial charge in [-0.1, -0.05) is 30.3 Å². The summed E-state index contributed by atoms with van der Waals surface area (Å²) < 4.78 is 14.1. The van der Waals surface area contributed by atoms with E-state index in [0.29, 0.717) is 5.56 Å². The summed E-state index contributed by atoms with van der Waals surface area (Å²) in [6, 6.07) is 9.43. The summed E-state index contributed by atoms with van der Waals surface area (Å²) in [5, 5.41) is 9.57. The van der Waals surface area contributed by atoms with Crippen molar-refractivity contribution in [1.29, 1.82) is 0 Å². The number of hydrogen-bond donors (Lipinski definition) is 1. The molecule has 8 nitrogen and oxygen atoms in total. The molecule has 0 saturated carbocycles. The van der Waals surface area contributed by atoms with Crippen LogP contribution in [0.2, 0.25) is 0 Å². The number of rotatable bonds is 5. The number of carboxylic acids is 1. The van der Waals surface area contributed by atoms with E-state index in [-0.39, 0.29) is 11.1 Å². The summed E-state index contributed by atoms with van der Waals surface area (Å²) in [6.45, 7) is 0. The van der Waals surface area contributed by atoms with Crippen LogP contribution in [0.5, 0.6) is 0 Å². The molecule has 0 bridgehead atoms. The Morgan fingerprint density at radius 1 is 0.741 bits per heavy atom. The number of esters is 3. The average Bonchev–Trinajstić information content (AvgIpc) is 2.70. The highest BCUT2D eigenvalue weighted by atomic mass is 16.5. The number of ether oxygens (including phenoxy) is 3. The highest BCUT2D eigenvalue weighted by Gasteiger charge is 2.34. The van der Waals surface area contributed by atoms with Gasteiger partial charge >= 0.3 is 23.9 Å². The quantitative estimate of drug-likeness (QED) is 0.628. The zero-order valence-electron chi connectivity index (χ0n) is 14.8. The third-order valence-corrected chi connectivity index (χ3v) is 3.81. The molecule has 0 atom stereocenters. The zero-order valence-corrected chi connectivity index (χ0v) is 14.8. The molecule has 27 heavy (non-hydrogen) atoms. The second kappa shape index (κ2) is 8.13. The fraction of sp³-hybridized carbons (Fsp3) is 0.158. The maximum absolute atomic E-state index is 12.5. The van der Waals surface area contributed by atoms with Gasteiger partial charge in [-0.25, -0.2) is 19.2 Å². The van der Waals surface area contributed by atoms with E-state index in [4.69, 9.17) is 4.74 Å². The molecule has 2 aromatic rings. The number of aromatic carboxylic acids is 1. The van der Waals surface area contributed by atoms with Gasteiger partial charge in [0.05, 0.1) is 43.6 Å². The highest BCUT2D eigenvalue weighted by molar-refractivity contribution is 6.17. The van der Waals surface area contributed by atoms with Crippen molar-refractivity contribution >= 4 is 23.9 Å². The SMILES string of the molecule is COC(=O)c1c(C(=O)O)cc(-c2ccccc2)c(C(=O)OC)c1C(=O)OC. The van der Waals surface area contributed by atoms with E-state index >= 15 is 0 Å². The summed E-state index contributed by atoms with van der Waals surface area (Å²) in [6.07, 6.45) is 0. The van der Waals surface area contributed by atoms with E-state index in [9.17, 15) is 24.3 Å². The van der Waals surface area contributed by atoms with Gasteiger partial charge in [0.15, 0.2) is 0 Å². The molecular weight excluding hydrogens is 356 g/mol. The molecule has 1 N–H and O–H groups in total. The van der Waals surface area contributed by atoms with Crippen LogP contribution in [0.15, 0.2) is 36.4 Å². The van der Waals surface area contributed by atoms with Gasteiger partial charge in [0, 0.05) is 0 Å². The van der Waals surface area contributed by atoms with E-state index in [2.05, 4.69) is 9.47 Å². The van der Waals surface area contributed by atoms with Crippen molar-refractivity contribution in [3.8, 4) is 11.1 Å². The predicted octanol–water partition coefficient (Wildman–Crippen LogP) is 2.41. The van der Waals surface area contributed by atoms with Crippen LogP contribution in [0.3, 0.4) is 0 Å². The van der Waals surface area contributed by atoms with Gasteiger partial charge in [-0.05, 0) is 17.2 Å². The summed E-state index contributed by atoms with van der Waals surface area (Å²) in [5.41, 5.74) is -1.36. The second-order valence-corrected chi connectivity index (χ2v) is 5.24. The van der Waals surface area contributed by atoms with Crippen LogP contribution in [0, 0.1) is 0 Å². The first-order chi connectivity index (χ1) is 12.9. The molecule has 8 heteroatoms. The standard InChI is InChI=1S/C19H16O8/c1-25-17(22)13-11(10-7-5-4-6-8-10)9-12(16(20)21)14(18(23)26-2)15(13)19(24)27-3/h4-9H,1-3H3,(H,20,21). The van der Waals surface area contributed by atoms with Gasteiger partial charge in [-0.15, -0.1) is 0 Å². The molecule has 0 spiro atoms. The van der Waals surface area contributed by atoms with Crippen molar-refractivity contribution in [2.75, 3.05) is 21.3 Å². The fourth-order valence-corrected chi connectivity index (χ4v) is 2.63. The molecule has 2 rings (SSSR count). The molecule has 0 amide bonds. The van der Waals surface area contributed by atoms with Crippen LogP contribution in [-0.2, 0) is 14.2 Å². The third kappa shape index (κ3) is 3.64. The second-order valence-electron chi connectivity index (χ2n) is 5.24. The lowest BCUT2D eigenvalue weighted by Crippen LogP contribution is -2.22. The Hall–Kier alpha value is -3.68. The summed E-state index contributed by atoms with van der Waals surface area (Å²) in [7, 11) is 3.17. The summed E-state index contributed by atoms with van der Waals surface area (Å²) >= 11 is 0. The minimum Gasteiger partial charge on any atom is -0.478 e. The molecular formula is C19H16O8. The monoisotopic (exact) mass is 372 g/mol. The normalized spacial score (nSPS) is 10.0. The number of benzene rings is 2. The largest absolute Gasteiger partial charge is 0.478 e. The van der Waals surface area contributed by atoms with Crippen molar-refractivity contribution in [2.45, 2.75) is 0 Å². The molecule has 0 aromatic heterocycles. The van der Waals surface area contributed by atoms with Gasteiger partial charge in [-0.2, -0.15) is 0 Å². The molecule has 140 valence electrons. The lowest BCUT2D eigenvalue weighted by molar-refractivity contribution is 0.0530. The summed E-state index contributed by atoms with van der Waals surface area (Å²) in [4.78, 5) is 48.9. The van der Waals surface area contributed by atoms with Crippen molar-refractivity contribution in [3.05, 3.63) is 58.7 Å². The van der Waals surface area contributed by atoms with Gasteiger partial charge in [0.2, 0.25) is 0 Å². The lowest BCUT2D eigenvalue weighted by Gasteiger charge is -2.17. The minimum atomic E-state index is -1.48. The Balaban J connectivity index is 3.08. The molecule has 2 aromatic carbocycles. The Morgan fingerprint density at radius 3 is 1.70 bits per heavy atom. The van der Waals surface area contributed by atoms with Crippen molar-refractivity contribution < 1.29 is 38.5 Å². The van der Waals surface area contributed by atoms with E-state index in [1.54, 1.807) is 30.3 Å². The average molecular weight is 372 g/mol. The molecule has 0 saturated heterocycles. The van der Waals surface area contributed by atoms with E-state index in [0.717, 1.165) is 27.4 Å². The van der Waals surface area contributed by atoms with E-state index in [1.165, 1.54) is 0 Å². The van der Waals surface area contributed by atoms with Crippen LogP contribution in [-0.4, -0.2) is 50.3 Å². The number of hydrogen-bond acceptors (Lipinski definition) is 7. The van der Waals surface area contributed by atoms with Crippen LogP contribution in [0.25, 0.3) is 11.1 Å². The molecule has 0 aliphatic carbocycles. The van der Waals surface area contributed by atoms with Crippen LogP contribution in [0.1, 0.15) is 41.4 Å². The van der Waals surface area contributed by atoms with E-state index in [1.807, 2.05) is 0 Å². The highest BCUT2D eigenvalue weighted by Crippen LogP contribution is 2.33. The minimum absolute atomic E-state index is 0.105. The van der Waals surface area contributed by atoms with Gasteiger partial charge in [0.1, 0.15) is 0 Å². The Bertz CT molecular complexity index is 915. The zero-order chi connectivity index (χ0) is 20.1. The molecule has 0 heterocycles. The van der Waals surface area contributed by atoms with Crippen molar-refractivity contribution in [2.24, 2.45) is 0 Å². The van der Waals surface area contributed by atoms with Crippen LogP contribution < -0.4 is 0 Å². The van der Waals surface area contributed by atoms with E-state index < -0.39 is 40.6 Å². The lowest BCUT2D eigenvalue weighted by atomic mass is 9.88. The smallest absolute Gasteiger partial charge is 0.339 e. The first-order valence-electron chi connectivity index (χ1n) is 7.62. The first kappa shape index (κ1) is 19.6. The summed E-state index contributed by atoms with van der Waals surface area (Å²) in [5.74, 6) is -4.58. The molecule has 0 unspecified atom stereocenters.